The van der Waals surface area contributed by atoms with Crippen LogP contribution in [0.2, 0.25) is 0 Å². The van der Waals surface area contributed by atoms with Crippen molar-refractivity contribution in [2.24, 2.45) is 0 Å². The average Bonchev–Trinajstić information content (AvgIpc) is 2.75. The fourth-order valence-corrected chi connectivity index (χ4v) is 2.89. The van der Waals surface area contributed by atoms with E-state index in [1.807, 2.05) is 0 Å². The summed E-state index contributed by atoms with van der Waals surface area (Å²) in [4.78, 5) is 11.8. The van der Waals surface area contributed by atoms with E-state index in [1.165, 1.54) is 24.3 Å². The second-order valence-electron chi connectivity index (χ2n) is 6.90. The molecule has 2 aromatic carbocycles. The molecule has 0 bridgehead atoms. The fraction of sp³-hybridized carbons (Fsp3) is 0.350. The molecule has 0 aromatic heterocycles. The predicted molar refractivity (Wildman–Crippen MR) is 107 cm³/mol. The maximum Gasteiger partial charge on any atom is 0.514 e. The van der Waals surface area contributed by atoms with Crippen molar-refractivity contribution in [3.63, 3.8) is 0 Å². The molecule has 168 valence electrons. The van der Waals surface area contributed by atoms with Gasteiger partial charge in [0.2, 0.25) is 6.29 Å². The number of hydrogen-bond donors (Lipinski definition) is 6. The second-order valence-corrected chi connectivity index (χ2v) is 6.90. The van der Waals surface area contributed by atoms with Gasteiger partial charge in [-0.3, -0.25) is 0 Å². The van der Waals surface area contributed by atoms with Crippen molar-refractivity contribution in [3.05, 3.63) is 48.0 Å². The number of rotatable bonds is 6. The Morgan fingerprint density at radius 2 is 1.71 bits per heavy atom. The molecule has 3 unspecified atom stereocenters. The summed E-state index contributed by atoms with van der Waals surface area (Å²) in [5.41, 5.74) is 12.7. The Balaban J connectivity index is 1.57. The Kier molecular flexibility index (Phi) is 7.15. The van der Waals surface area contributed by atoms with Gasteiger partial charge in [0.1, 0.15) is 42.5 Å². The van der Waals surface area contributed by atoms with Crippen LogP contribution in [0.1, 0.15) is 5.56 Å². The molecule has 11 nitrogen and oxygen atoms in total. The number of nitrogens with two attached hydrogens (primary N) is 2. The Labute approximate surface area is 177 Å². The maximum atomic E-state index is 11.8. The molecule has 0 amide bonds. The lowest BCUT2D eigenvalue weighted by atomic mass is 9.99. The maximum absolute atomic E-state index is 11.8. The molecule has 2 aromatic rings. The summed E-state index contributed by atoms with van der Waals surface area (Å²) in [5, 5.41) is 38.9. The minimum Gasteiger partial charge on any atom is -0.460 e. The van der Waals surface area contributed by atoms with E-state index in [1.54, 1.807) is 18.2 Å². The van der Waals surface area contributed by atoms with Crippen molar-refractivity contribution < 1.29 is 44.2 Å². The number of aliphatic hydroxyl groups excluding tert-OH is 4. The molecular formula is C20H24N2O9. The number of carbonyl (C=O) groups excluding carboxylic acids is 1. The zero-order valence-electron chi connectivity index (χ0n) is 16.3. The largest absolute Gasteiger partial charge is 0.514 e. The molecule has 31 heavy (non-hydrogen) atoms. The molecule has 0 radical (unpaired) electrons. The molecule has 1 saturated heterocycles. The summed E-state index contributed by atoms with van der Waals surface area (Å²) in [6, 6.07) is 10.7. The van der Waals surface area contributed by atoms with E-state index in [4.69, 9.17) is 30.4 Å². The van der Waals surface area contributed by atoms with Gasteiger partial charge in [-0.05, 0) is 42.0 Å². The number of anilines is 2. The molecule has 1 aliphatic rings. The molecule has 8 N–H and O–H groups in total. The highest BCUT2D eigenvalue weighted by Crippen LogP contribution is 2.29. The number of nitrogen functional groups attached to an aromatic ring is 2. The van der Waals surface area contributed by atoms with Gasteiger partial charge < -0.3 is 50.8 Å². The van der Waals surface area contributed by atoms with Crippen LogP contribution in [0.15, 0.2) is 42.5 Å². The predicted octanol–water partition coefficient (Wildman–Crippen LogP) is -0.255. The van der Waals surface area contributed by atoms with E-state index in [0.717, 1.165) is 0 Å². The lowest BCUT2D eigenvalue weighted by Crippen LogP contribution is -2.60. The van der Waals surface area contributed by atoms with E-state index in [9.17, 15) is 25.2 Å². The first-order chi connectivity index (χ1) is 14.8. The quantitative estimate of drug-likeness (QED) is 0.199. The number of ether oxygens (including phenoxy) is 4. The molecule has 1 heterocycles. The Morgan fingerprint density at radius 1 is 1.00 bits per heavy atom. The number of benzene rings is 2. The van der Waals surface area contributed by atoms with Crippen molar-refractivity contribution in [2.75, 3.05) is 18.1 Å². The van der Waals surface area contributed by atoms with Crippen molar-refractivity contribution >= 4 is 17.5 Å². The molecule has 0 aliphatic carbocycles. The summed E-state index contributed by atoms with van der Waals surface area (Å²) < 4.78 is 20.8. The van der Waals surface area contributed by atoms with E-state index < -0.39 is 43.5 Å². The summed E-state index contributed by atoms with van der Waals surface area (Å²) in [6.45, 7) is -0.707. The normalized spacial score (nSPS) is 25.6. The zero-order valence-corrected chi connectivity index (χ0v) is 16.3. The summed E-state index contributed by atoms with van der Waals surface area (Å²) in [7, 11) is 0. The molecular weight excluding hydrogens is 412 g/mol. The molecule has 1 fully saturated rings. The van der Waals surface area contributed by atoms with E-state index in [2.05, 4.69) is 0 Å². The third kappa shape index (κ3) is 5.54. The first kappa shape index (κ1) is 22.6. The topological polar surface area (TPSA) is 187 Å². The first-order valence-electron chi connectivity index (χ1n) is 9.34. The van der Waals surface area contributed by atoms with Gasteiger partial charge in [0, 0.05) is 5.69 Å². The molecule has 0 spiro atoms. The third-order valence-electron chi connectivity index (χ3n) is 4.60. The van der Waals surface area contributed by atoms with Gasteiger partial charge in [0.15, 0.2) is 0 Å². The minimum atomic E-state index is -1.57. The van der Waals surface area contributed by atoms with Crippen molar-refractivity contribution in [3.8, 4) is 11.5 Å². The van der Waals surface area contributed by atoms with Crippen molar-refractivity contribution in [2.45, 2.75) is 37.3 Å². The highest BCUT2D eigenvalue weighted by atomic mass is 16.7. The monoisotopic (exact) mass is 436 g/mol. The minimum absolute atomic E-state index is 0.123. The van der Waals surface area contributed by atoms with Crippen LogP contribution in [0, 0.1) is 0 Å². The Hall–Kier alpha value is -3.09. The van der Waals surface area contributed by atoms with E-state index in [0.29, 0.717) is 11.3 Å². The van der Waals surface area contributed by atoms with Gasteiger partial charge >= 0.3 is 6.16 Å². The van der Waals surface area contributed by atoms with Crippen LogP contribution in [0.5, 0.6) is 11.5 Å². The van der Waals surface area contributed by atoms with Gasteiger partial charge in [-0.2, -0.15) is 0 Å². The lowest BCUT2D eigenvalue weighted by Gasteiger charge is -2.39. The van der Waals surface area contributed by atoms with Crippen molar-refractivity contribution in [1.29, 1.82) is 0 Å². The fourth-order valence-electron chi connectivity index (χ4n) is 2.89. The van der Waals surface area contributed by atoms with Crippen LogP contribution >= 0.6 is 0 Å². The van der Waals surface area contributed by atoms with E-state index >= 15 is 0 Å². The van der Waals surface area contributed by atoms with Crippen LogP contribution in [-0.4, -0.2) is 63.9 Å². The average molecular weight is 436 g/mol. The molecule has 3 rings (SSSR count). The highest BCUT2D eigenvalue weighted by molar-refractivity contribution is 5.64. The Bertz CT molecular complexity index is 891. The van der Waals surface area contributed by atoms with Crippen LogP contribution in [0.4, 0.5) is 16.2 Å². The SMILES string of the molecule is Nc1ccc(OC(=O)OCc2ccc(OC3OC(CO)[C@H](O)C(O)[C@@H]3O)c(N)c2)cc1. The number of hydrogen-bond acceptors (Lipinski definition) is 11. The molecule has 5 atom stereocenters. The smallest absolute Gasteiger partial charge is 0.460 e. The van der Waals surface area contributed by atoms with Crippen LogP contribution in [0.3, 0.4) is 0 Å². The third-order valence-corrected chi connectivity index (χ3v) is 4.60. The number of aliphatic hydroxyl groups is 4. The lowest BCUT2D eigenvalue weighted by molar-refractivity contribution is -0.277. The van der Waals surface area contributed by atoms with Crippen LogP contribution in [-0.2, 0) is 16.1 Å². The molecule has 0 saturated carbocycles. The summed E-state index contributed by atoms with van der Waals surface area (Å²) in [5.74, 6) is 0.402. The molecule has 1 aliphatic heterocycles. The Morgan fingerprint density at radius 3 is 2.35 bits per heavy atom. The highest BCUT2D eigenvalue weighted by Gasteiger charge is 2.44. The second kappa shape index (κ2) is 9.81. The van der Waals surface area contributed by atoms with E-state index in [-0.39, 0.29) is 23.8 Å². The van der Waals surface area contributed by atoms with Gasteiger partial charge in [0.25, 0.3) is 0 Å². The summed E-state index contributed by atoms with van der Waals surface area (Å²) in [6.07, 6.45) is -8.02. The first-order valence-corrected chi connectivity index (χ1v) is 9.34. The van der Waals surface area contributed by atoms with Crippen LogP contribution < -0.4 is 20.9 Å². The van der Waals surface area contributed by atoms with Gasteiger partial charge in [-0.1, -0.05) is 6.07 Å². The zero-order chi connectivity index (χ0) is 22.5. The standard InChI is InChI=1S/C20H24N2O9/c21-11-2-4-12(5-3-11)29-20(27)28-9-10-1-6-14(13(22)7-10)30-19-18(26)17(25)16(24)15(8-23)31-19/h1-7,15-19,23-26H,8-9,21-22H2/t15?,16-,17?,18-,19?/m0/s1. The van der Waals surface area contributed by atoms with Crippen molar-refractivity contribution in [1.82, 2.24) is 0 Å². The summed E-state index contributed by atoms with van der Waals surface area (Å²) >= 11 is 0. The number of carbonyl (C=O) groups is 1. The van der Waals surface area contributed by atoms with Crippen LogP contribution in [0.25, 0.3) is 0 Å². The van der Waals surface area contributed by atoms with Gasteiger partial charge in [-0.15, -0.1) is 0 Å². The van der Waals surface area contributed by atoms with Gasteiger partial charge in [-0.25, -0.2) is 4.79 Å². The molecule has 11 heteroatoms. The van der Waals surface area contributed by atoms with Gasteiger partial charge in [0.05, 0.1) is 12.3 Å².